The third-order valence-corrected chi connectivity index (χ3v) is 6.47. The Kier molecular flexibility index (Phi) is 6.45. The van der Waals surface area contributed by atoms with E-state index in [9.17, 15) is 9.90 Å². The molecule has 7 heteroatoms. The van der Waals surface area contributed by atoms with Crippen LogP contribution >= 0.6 is 23.2 Å². The number of benzene rings is 3. The average molecular weight is 481 g/mol. The quantitative estimate of drug-likeness (QED) is 0.322. The molecule has 0 saturated carbocycles. The lowest BCUT2D eigenvalue weighted by atomic mass is 9.92. The molecule has 0 bridgehead atoms. The molecule has 0 aliphatic heterocycles. The van der Waals surface area contributed by atoms with Gasteiger partial charge in [-0.2, -0.15) is 5.10 Å². The molecule has 1 heterocycles. The molecular formula is C26H22Cl2N2O3. The summed E-state index contributed by atoms with van der Waals surface area (Å²) in [5, 5.41) is 15.3. The molecule has 3 aromatic carbocycles. The lowest BCUT2D eigenvalue weighted by Gasteiger charge is -2.13. The van der Waals surface area contributed by atoms with Gasteiger partial charge in [0.25, 0.3) is 0 Å². The smallest absolute Gasteiger partial charge is 0.310 e. The molecule has 0 aliphatic rings. The molecule has 168 valence electrons. The molecule has 0 amide bonds. The predicted octanol–water partition coefficient (Wildman–Crippen LogP) is 7.02. The third kappa shape index (κ3) is 4.47. The van der Waals surface area contributed by atoms with Gasteiger partial charge in [0.15, 0.2) is 0 Å². The van der Waals surface area contributed by atoms with Crippen LogP contribution in [0, 0.1) is 6.92 Å². The molecule has 33 heavy (non-hydrogen) atoms. The minimum atomic E-state index is -0.865. The average Bonchev–Trinajstić information content (AvgIpc) is 3.25. The van der Waals surface area contributed by atoms with Crippen molar-refractivity contribution in [2.45, 2.75) is 19.8 Å². The summed E-state index contributed by atoms with van der Waals surface area (Å²) in [6, 6.07) is 20.7. The van der Waals surface area contributed by atoms with E-state index in [1.54, 1.807) is 26.2 Å². The van der Waals surface area contributed by atoms with E-state index < -0.39 is 11.9 Å². The number of carbonyl (C=O) groups is 1. The van der Waals surface area contributed by atoms with Crippen LogP contribution in [0.2, 0.25) is 10.0 Å². The van der Waals surface area contributed by atoms with Crippen molar-refractivity contribution in [3.63, 3.8) is 0 Å². The fraction of sp³-hybridized carbons (Fsp3) is 0.154. The van der Waals surface area contributed by atoms with Crippen molar-refractivity contribution in [1.82, 2.24) is 9.78 Å². The van der Waals surface area contributed by atoms with Gasteiger partial charge in [-0.05, 0) is 67.4 Å². The number of ether oxygens (including phenoxy) is 1. The van der Waals surface area contributed by atoms with E-state index in [1.807, 2.05) is 66.2 Å². The maximum absolute atomic E-state index is 11.6. The van der Waals surface area contributed by atoms with Crippen LogP contribution in [-0.2, 0) is 4.79 Å². The van der Waals surface area contributed by atoms with E-state index in [-0.39, 0.29) is 0 Å². The second kappa shape index (κ2) is 9.30. The van der Waals surface area contributed by atoms with Crippen molar-refractivity contribution >= 4 is 29.2 Å². The molecule has 0 spiro atoms. The van der Waals surface area contributed by atoms with E-state index in [0.717, 1.165) is 45.1 Å². The summed E-state index contributed by atoms with van der Waals surface area (Å²) >= 11 is 12.4. The Morgan fingerprint density at radius 3 is 2.39 bits per heavy atom. The van der Waals surface area contributed by atoms with E-state index in [4.69, 9.17) is 33.0 Å². The molecular weight excluding hydrogens is 459 g/mol. The minimum Gasteiger partial charge on any atom is -0.497 e. The summed E-state index contributed by atoms with van der Waals surface area (Å²) in [6.07, 6.45) is 0. The van der Waals surface area contributed by atoms with Crippen molar-refractivity contribution in [3.8, 4) is 34.0 Å². The van der Waals surface area contributed by atoms with Crippen LogP contribution in [0.1, 0.15) is 24.0 Å². The Labute approximate surface area is 202 Å². The zero-order valence-corrected chi connectivity index (χ0v) is 19.9. The zero-order valence-electron chi connectivity index (χ0n) is 18.3. The van der Waals surface area contributed by atoms with Gasteiger partial charge in [-0.15, -0.1) is 0 Å². The van der Waals surface area contributed by atoms with Crippen LogP contribution in [0.4, 0.5) is 0 Å². The standard InChI is InChI=1S/C26H22Cl2N2O3/c1-15-20(16(2)26(31)32)5-4-6-21(15)24-14-25(17-7-12-22(27)23(28)13-17)30(29-24)18-8-10-19(33-3)11-9-18/h4-14,16H,1-3H3,(H,31,32)/t16-/m0/s1. The Hall–Kier alpha value is -3.28. The summed E-state index contributed by atoms with van der Waals surface area (Å²) in [6.45, 7) is 3.61. The third-order valence-electron chi connectivity index (χ3n) is 5.73. The first-order valence-electron chi connectivity index (χ1n) is 10.3. The Morgan fingerprint density at radius 1 is 1.03 bits per heavy atom. The fourth-order valence-electron chi connectivity index (χ4n) is 3.83. The largest absolute Gasteiger partial charge is 0.497 e. The molecule has 4 aromatic rings. The number of hydrogen-bond acceptors (Lipinski definition) is 3. The number of aliphatic carboxylic acids is 1. The number of hydrogen-bond donors (Lipinski definition) is 1. The van der Waals surface area contributed by atoms with Crippen molar-refractivity contribution in [1.29, 1.82) is 0 Å². The summed E-state index contributed by atoms with van der Waals surface area (Å²) in [4.78, 5) is 11.6. The second-order valence-corrected chi connectivity index (χ2v) is 8.55. The van der Waals surface area contributed by atoms with E-state index in [1.165, 1.54) is 0 Å². The maximum Gasteiger partial charge on any atom is 0.310 e. The normalized spacial score (nSPS) is 11.9. The van der Waals surface area contributed by atoms with E-state index >= 15 is 0 Å². The molecule has 0 saturated heterocycles. The molecule has 0 radical (unpaired) electrons. The van der Waals surface area contributed by atoms with Gasteiger partial charge in [0, 0.05) is 11.1 Å². The van der Waals surface area contributed by atoms with Crippen molar-refractivity contribution in [2.24, 2.45) is 0 Å². The predicted molar refractivity (Wildman–Crippen MR) is 132 cm³/mol. The highest BCUT2D eigenvalue weighted by Gasteiger charge is 2.20. The Morgan fingerprint density at radius 2 is 1.76 bits per heavy atom. The van der Waals surface area contributed by atoms with E-state index in [0.29, 0.717) is 10.0 Å². The van der Waals surface area contributed by atoms with Gasteiger partial charge in [0.2, 0.25) is 0 Å². The molecule has 0 unspecified atom stereocenters. The number of carboxylic acids is 1. The molecule has 1 atom stereocenters. The first-order valence-corrected chi connectivity index (χ1v) is 11.1. The lowest BCUT2D eigenvalue weighted by molar-refractivity contribution is -0.138. The molecule has 0 aliphatic carbocycles. The van der Waals surface area contributed by atoms with Crippen molar-refractivity contribution < 1.29 is 14.6 Å². The SMILES string of the molecule is COc1ccc(-n2nc(-c3cccc([C@H](C)C(=O)O)c3C)cc2-c2ccc(Cl)c(Cl)c2)cc1. The first kappa shape index (κ1) is 22.9. The highest BCUT2D eigenvalue weighted by Crippen LogP contribution is 2.35. The van der Waals surface area contributed by atoms with Gasteiger partial charge in [-0.25, -0.2) is 4.68 Å². The summed E-state index contributed by atoms with van der Waals surface area (Å²) in [5.74, 6) is -0.743. The number of aromatic nitrogens is 2. The Bertz CT molecular complexity index is 1330. The number of methoxy groups -OCH3 is 1. The van der Waals surface area contributed by atoms with Crippen molar-refractivity contribution in [3.05, 3.63) is 87.9 Å². The molecule has 5 nitrogen and oxygen atoms in total. The van der Waals surface area contributed by atoms with Crippen LogP contribution in [0.25, 0.3) is 28.2 Å². The van der Waals surface area contributed by atoms with Gasteiger partial charge in [-0.3, -0.25) is 4.79 Å². The Balaban J connectivity index is 1.91. The highest BCUT2D eigenvalue weighted by atomic mass is 35.5. The van der Waals surface area contributed by atoms with E-state index in [2.05, 4.69) is 0 Å². The molecule has 1 N–H and O–H groups in total. The fourth-order valence-corrected chi connectivity index (χ4v) is 4.13. The van der Waals surface area contributed by atoms with Crippen LogP contribution in [-0.4, -0.2) is 28.0 Å². The number of rotatable bonds is 6. The van der Waals surface area contributed by atoms with Crippen LogP contribution in [0.5, 0.6) is 5.75 Å². The van der Waals surface area contributed by atoms with Gasteiger partial charge in [0.05, 0.1) is 40.1 Å². The monoisotopic (exact) mass is 480 g/mol. The summed E-state index contributed by atoms with van der Waals surface area (Å²) in [5.41, 5.74) is 5.76. The van der Waals surface area contributed by atoms with Gasteiger partial charge in [-0.1, -0.05) is 47.5 Å². The lowest BCUT2D eigenvalue weighted by Crippen LogP contribution is -2.09. The topological polar surface area (TPSA) is 64.4 Å². The number of halogens is 2. The summed E-state index contributed by atoms with van der Waals surface area (Å²) < 4.78 is 7.12. The number of nitrogens with zero attached hydrogens (tertiary/aromatic N) is 2. The molecule has 0 fully saturated rings. The van der Waals surface area contributed by atoms with Crippen LogP contribution in [0.15, 0.2) is 66.7 Å². The molecule has 1 aromatic heterocycles. The zero-order chi connectivity index (χ0) is 23.7. The van der Waals surface area contributed by atoms with Gasteiger partial charge < -0.3 is 9.84 Å². The van der Waals surface area contributed by atoms with Gasteiger partial charge in [0.1, 0.15) is 5.75 Å². The molecule has 4 rings (SSSR count). The van der Waals surface area contributed by atoms with Gasteiger partial charge >= 0.3 is 5.97 Å². The van der Waals surface area contributed by atoms with Crippen LogP contribution in [0.3, 0.4) is 0 Å². The van der Waals surface area contributed by atoms with Crippen molar-refractivity contribution in [2.75, 3.05) is 7.11 Å². The second-order valence-electron chi connectivity index (χ2n) is 7.73. The first-order chi connectivity index (χ1) is 15.8. The highest BCUT2D eigenvalue weighted by molar-refractivity contribution is 6.42. The number of carboxylic acid groups (broad SMARTS) is 1. The summed E-state index contributed by atoms with van der Waals surface area (Å²) in [7, 11) is 1.62. The minimum absolute atomic E-state index is 0.451. The maximum atomic E-state index is 11.6. The van der Waals surface area contributed by atoms with Crippen LogP contribution < -0.4 is 4.74 Å².